The minimum Gasteiger partial charge on any atom is -0.481 e. The zero-order valence-electron chi connectivity index (χ0n) is 28.6. The van der Waals surface area contributed by atoms with E-state index in [0.29, 0.717) is 38.8 Å². The van der Waals surface area contributed by atoms with E-state index in [4.69, 9.17) is 21.4 Å². The third-order valence-electron chi connectivity index (χ3n) is 8.60. The molecule has 5 aromatic rings. The Labute approximate surface area is 302 Å². The number of benzene rings is 4. The lowest BCUT2D eigenvalue weighted by Gasteiger charge is -2.25. The van der Waals surface area contributed by atoms with Crippen molar-refractivity contribution in [1.82, 2.24) is 4.57 Å². The fourth-order valence-corrected chi connectivity index (χ4v) is 6.43. The maximum Gasteiger partial charge on any atom is 0.305 e. The first-order valence-electron chi connectivity index (χ1n) is 16.9. The SMILES string of the molecule is CC(C)c1c(C(=O)N(COCc2ccc(Cl)cc2)c2ccccc2)c(-c2ccccc2)c(-c2ccc(F)cc2)n1CC[C@@H](O)C[C@@H](O)CC(=O)O. The van der Waals surface area contributed by atoms with Gasteiger partial charge in [0.15, 0.2) is 0 Å². The molecule has 0 saturated heterocycles. The smallest absolute Gasteiger partial charge is 0.305 e. The summed E-state index contributed by atoms with van der Waals surface area (Å²) in [5, 5.41) is 30.9. The number of aliphatic hydroxyl groups is 2. The van der Waals surface area contributed by atoms with Crippen LogP contribution in [0.5, 0.6) is 0 Å². The number of rotatable bonds is 16. The summed E-state index contributed by atoms with van der Waals surface area (Å²) in [6.07, 6.45) is -2.68. The lowest BCUT2D eigenvalue weighted by atomic mass is 9.94. The molecule has 5 rings (SSSR count). The zero-order valence-corrected chi connectivity index (χ0v) is 29.3. The average Bonchev–Trinajstić information content (AvgIpc) is 3.46. The minimum absolute atomic E-state index is 0.0610. The molecule has 0 radical (unpaired) electrons. The Kier molecular flexibility index (Phi) is 12.8. The molecule has 3 N–H and O–H groups in total. The number of carbonyl (C=O) groups is 2. The summed E-state index contributed by atoms with van der Waals surface area (Å²) in [5.41, 5.74) is 5.42. The van der Waals surface area contributed by atoms with Crippen LogP contribution in [0.1, 0.15) is 60.6 Å². The van der Waals surface area contributed by atoms with Gasteiger partial charge < -0.3 is 24.6 Å². The molecule has 1 amide bonds. The number of ether oxygens (including phenoxy) is 1. The topological polar surface area (TPSA) is 112 Å². The average molecular weight is 713 g/mol. The van der Waals surface area contributed by atoms with Crippen molar-refractivity contribution in [1.29, 1.82) is 0 Å². The van der Waals surface area contributed by atoms with Gasteiger partial charge in [-0.05, 0) is 84.0 Å². The maximum atomic E-state index is 15.2. The summed E-state index contributed by atoms with van der Waals surface area (Å²) in [5.74, 6) is -2.06. The molecule has 2 atom stereocenters. The number of aliphatic hydroxyl groups excluding tert-OH is 2. The number of hydrogen-bond donors (Lipinski definition) is 3. The summed E-state index contributed by atoms with van der Waals surface area (Å²) in [4.78, 5) is 27.9. The molecular formula is C41H42ClFN2O6. The van der Waals surface area contributed by atoms with Crippen LogP contribution in [-0.2, 0) is 22.7 Å². The van der Waals surface area contributed by atoms with Gasteiger partial charge in [-0.3, -0.25) is 14.5 Å². The van der Waals surface area contributed by atoms with E-state index in [-0.39, 0.29) is 44.5 Å². The number of aromatic nitrogens is 1. The zero-order chi connectivity index (χ0) is 36.5. The van der Waals surface area contributed by atoms with Gasteiger partial charge in [-0.1, -0.05) is 86.1 Å². The number of hydrogen-bond acceptors (Lipinski definition) is 5. The molecule has 0 aliphatic carbocycles. The lowest BCUT2D eigenvalue weighted by Crippen LogP contribution is -2.34. The van der Waals surface area contributed by atoms with Crippen molar-refractivity contribution in [2.45, 2.75) is 64.4 Å². The standard InChI is InChI=1S/C41H42ClFN2O6/c1-27(2)39-38(41(50)45(33-11-7-4-8-12-33)26-51-25-28-13-17-31(42)18-14-28)37(29-9-5-3-6-10-29)40(30-15-19-32(43)20-16-30)44(39)22-21-34(46)23-35(47)24-36(48)49/h3-20,27,34-35,46-47H,21-26H2,1-2H3,(H,48,49)/t34-,35-/m1/s1. The summed E-state index contributed by atoms with van der Waals surface area (Å²) in [7, 11) is 0. The van der Waals surface area contributed by atoms with Crippen LogP contribution < -0.4 is 4.90 Å². The molecule has 4 aromatic carbocycles. The Morgan fingerprint density at radius 3 is 2.08 bits per heavy atom. The van der Waals surface area contributed by atoms with Gasteiger partial charge in [-0.2, -0.15) is 0 Å². The number of halogens is 2. The summed E-state index contributed by atoms with van der Waals surface area (Å²) < 4.78 is 22.5. The van der Waals surface area contributed by atoms with Gasteiger partial charge in [0.1, 0.15) is 12.5 Å². The Morgan fingerprint density at radius 1 is 0.843 bits per heavy atom. The van der Waals surface area contributed by atoms with E-state index in [2.05, 4.69) is 0 Å². The number of carboxylic acid groups (broad SMARTS) is 1. The lowest BCUT2D eigenvalue weighted by molar-refractivity contribution is -0.139. The van der Waals surface area contributed by atoms with E-state index in [1.807, 2.05) is 91.2 Å². The van der Waals surface area contributed by atoms with E-state index >= 15 is 4.79 Å². The number of carbonyl (C=O) groups excluding carboxylic acids is 1. The first kappa shape index (κ1) is 37.5. The molecular weight excluding hydrogens is 671 g/mol. The third kappa shape index (κ3) is 9.51. The Morgan fingerprint density at radius 2 is 1.47 bits per heavy atom. The van der Waals surface area contributed by atoms with Crippen LogP contribution in [-0.4, -0.2) is 50.7 Å². The number of amides is 1. The first-order valence-corrected chi connectivity index (χ1v) is 17.3. The molecule has 0 unspecified atom stereocenters. The Balaban J connectivity index is 1.66. The van der Waals surface area contributed by atoms with Crippen LogP contribution in [0, 0.1) is 5.82 Å². The van der Waals surface area contributed by atoms with E-state index in [9.17, 15) is 19.4 Å². The number of aliphatic carboxylic acids is 1. The molecule has 0 saturated carbocycles. The second-order valence-electron chi connectivity index (χ2n) is 12.8. The quantitative estimate of drug-likeness (QED) is 0.0885. The molecule has 0 aliphatic heterocycles. The first-order chi connectivity index (χ1) is 24.5. The maximum absolute atomic E-state index is 15.2. The molecule has 10 heteroatoms. The second-order valence-corrected chi connectivity index (χ2v) is 13.2. The summed E-state index contributed by atoms with van der Waals surface area (Å²) in [6, 6.07) is 32.2. The van der Waals surface area contributed by atoms with E-state index < -0.39 is 30.4 Å². The van der Waals surface area contributed by atoms with Gasteiger partial charge in [0, 0.05) is 28.5 Å². The van der Waals surface area contributed by atoms with Crippen molar-refractivity contribution in [3.63, 3.8) is 0 Å². The highest BCUT2D eigenvalue weighted by atomic mass is 35.5. The molecule has 266 valence electrons. The second kappa shape index (κ2) is 17.4. The van der Waals surface area contributed by atoms with Crippen molar-refractivity contribution in [3.8, 4) is 22.4 Å². The van der Waals surface area contributed by atoms with Crippen molar-refractivity contribution >= 4 is 29.2 Å². The summed E-state index contributed by atoms with van der Waals surface area (Å²) in [6.45, 7) is 4.39. The van der Waals surface area contributed by atoms with Crippen molar-refractivity contribution in [3.05, 3.63) is 137 Å². The monoisotopic (exact) mass is 712 g/mol. The molecule has 0 bridgehead atoms. The highest BCUT2D eigenvalue weighted by Crippen LogP contribution is 2.43. The van der Waals surface area contributed by atoms with E-state index in [1.54, 1.807) is 29.2 Å². The highest BCUT2D eigenvalue weighted by molar-refractivity contribution is 6.30. The summed E-state index contributed by atoms with van der Waals surface area (Å²) >= 11 is 6.08. The predicted molar refractivity (Wildman–Crippen MR) is 197 cm³/mol. The Hall–Kier alpha value is -4.80. The van der Waals surface area contributed by atoms with Gasteiger partial charge >= 0.3 is 5.97 Å². The fourth-order valence-electron chi connectivity index (χ4n) is 6.30. The number of nitrogens with zero attached hydrogens (tertiary/aromatic N) is 2. The number of carboxylic acids is 1. The van der Waals surface area contributed by atoms with E-state index in [1.165, 1.54) is 12.1 Å². The molecule has 1 aromatic heterocycles. The number of anilines is 1. The van der Waals surface area contributed by atoms with Gasteiger partial charge in [0.25, 0.3) is 5.91 Å². The molecule has 1 heterocycles. The highest BCUT2D eigenvalue weighted by Gasteiger charge is 2.33. The third-order valence-corrected chi connectivity index (χ3v) is 8.85. The van der Waals surface area contributed by atoms with Crippen molar-refractivity contribution < 1.29 is 34.0 Å². The molecule has 51 heavy (non-hydrogen) atoms. The fraction of sp³-hybridized carbons (Fsp3) is 0.268. The van der Waals surface area contributed by atoms with Crippen molar-refractivity contribution in [2.24, 2.45) is 0 Å². The molecule has 0 spiro atoms. The van der Waals surface area contributed by atoms with Gasteiger partial charge in [-0.25, -0.2) is 4.39 Å². The van der Waals surface area contributed by atoms with Crippen LogP contribution in [0.2, 0.25) is 5.02 Å². The normalized spacial score (nSPS) is 12.5. The van der Waals surface area contributed by atoms with Crippen LogP contribution in [0.4, 0.5) is 10.1 Å². The van der Waals surface area contributed by atoms with Crippen LogP contribution >= 0.6 is 11.6 Å². The predicted octanol–water partition coefficient (Wildman–Crippen LogP) is 8.54. The Bertz CT molecular complexity index is 1900. The molecule has 8 nitrogen and oxygen atoms in total. The van der Waals surface area contributed by atoms with Gasteiger partial charge in [-0.15, -0.1) is 0 Å². The largest absolute Gasteiger partial charge is 0.481 e. The van der Waals surface area contributed by atoms with Crippen LogP contribution in [0.3, 0.4) is 0 Å². The minimum atomic E-state index is -1.22. The van der Waals surface area contributed by atoms with Gasteiger partial charge in [0.05, 0.1) is 36.5 Å². The molecule has 0 aliphatic rings. The van der Waals surface area contributed by atoms with Crippen LogP contribution in [0.15, 0.2) is 109 Å². The van der Waals surface area contributed by atoms with Gasteiger partial charge in [0.2, 0.25) is 0 Å². The van der Waals surface area contributed by atoms with E-state index in [0.717, 1.165) is 11.1 Å². The number of para-hydroxylation sites is 1. The van der Waals surface area contributed by atoms with Crippen molar-refractivity contribution in [2.75, 3.05) is 11.6 Å². The molecule has 0 fully saturated rings. The van der Waals surface area contributed by atoms with Crippen LogP contribution in [0.25, 0.3) is 22.4 Å².